The van der Waals surface area contributed by atoms with Gasteiger partial charge in [-0.05, 0) is 73.2 Å². The van der Waals surface area contributed by atoms with E-state index in [4.69, 9.17) is 0 Å². The number of nitrogens with one attached hydrogen (secondary N) is 1. The number of fused-ring (bicyclic) bond motifs is 1. The Morgan fingerprint density at radius 3 is 2.85 bits per heavy atom. The van der Waals surface area contributed by atoms with Crippen molar-refractivity contribution in [3.8, 4) is 0 Å². The molecule has 1 aromatic carbocycles. The molecule has 0 radical (unpaired) electrons. The van der Waals surface area contributed by atoms with Crippen LogP contribution in [0, 0.1) is 0 Å². The van der Waals surface area contributed by atoms with E-state index in [1.807, 2.05) is 12.4 Å². The third kappa shape index (κ3) is 3.47. The molecule has 3 heteroatoms. The van der Waals surface area contributed by atoms with Crippen molar-refractivity contribution in [2.45, 2.75) is 31.7 Å². The predicted octanol–water partition coefficient (Wildman–Crippen LogP) is 3.53. The van der Waals surface area contributed by atoms with Crippen LogP contribution in [0.5, 0.6) is 0 Å². The van der Waals surface area contributed by atoms with Crippen LogP contribution in [0.25, 0.3) is 0 Å². The Bertz CT molecular complexity index is 568. The minimum Gasteiger partial charge on any atom is -0.313 e. The fourth-order valence-electron chi connectivity index (χ4n) is 2.87. The third-order valence-electron chi connectivity index (χ3n) is 3.99. The summed E-state index contributed by atoms with van der Waals surface area (Å²) >= 11 is 3.55. The zero-order valence-corrected chi connectivity index (χ0v) is 13.1. The number of rotatable bonds is 4. The summed E-state index contributed by atoms with van der Waals surface area (Å²) in [6, 6.07) is 11.5. The van der Waals surface area contributed by atoms with E-state index < -0.39 is 0 Å². The van der Waals surface area contributed by atoms with E-state index in [0.29, 0.717) is 6.04 Å². The summed E-state index contributed by atoms with van der Waals surface area (Å²) in [5.74, 6) is 0. The van der Waals surface area contributed by atoms with Crippen molar-refractivity contribution in [2.24, 2.45) is 0 Å². The summed E-state index contributed by atoms with van der Waals surface area (Å²) in [5.41, 5.74) is 4.36. The van der Waals surface area contributed by atoms with Gasteiger partial charge in [-0.3, -0.25) is 4.98 Å². The van der Waals surface area contributed by atoms with Crippen molar-refractivity contribution in [3.63, 3.8) is 0 Å². The average molecular weight is 331 g/mol. The fraction of sp³-hybridized carbons (Fsp3) is 0.353. The molecule has 1 N–H and O–H groups in total. The summed E-state index contributed by atoms with van der Waals surface area (Å²) in [7, 11) is 0. The first kappa shape index (κ1) is 13.8. The summed E-state index contributed by atoms with van der Waals surface area (Å²) in [5, 5.41) is 3.69. The molecule has 0 saturated carbocycles. The Kier molecular flexibility index (Phi) is 4.48. The number of hydrogen-bond acceptors (Lipinski definition) is 2. The lowest BCUT2D eigenvalue weighted by molar-refractivity contribution is 0.461. The number of pyridine rings is 1. The summed E-state index contributed by atoms with van der Waals surface area (Å²) in [4.78, 5) is 4.05. The smallest absolute Gasteiger partial charge is 0.0270 e. The Balaban J connectivity index is 1.52. The molecular weight excluding hydrogens is 312 g/mol. The maximum absolute atomic E-state index is 4.05. The molecule has 2 nitrogen and oxygen atoms in total. The molecule has 3 rings (SSSR count). The van der Waals surface area contributed by atoms with Gasteiger partial charge in [0.15, 0.2) is 0 Å². The second kappa shape index (κ2) is 6.51. The minimum atomic E-state index is 0.616. The van der Waals surface area contributed by atoms with Gasteiger partial charge in [0.05, 0.1) is 0 Å². The van der Waals surface area contributed by atoms with Crippen LogP contribution in [0.1, 0.15) is 23.1 Å². The number of halogens is 1. The van der Waals surface area contributed by atoms with E-state index in [9.17, 15) is 0 Å². The second-order valence-electron chi connectivity index (χ2n) is 5.41. The van der Waals surface area contributed by atoms with Gasteiger partial charge in [-0.2, -0.15) is 0 Å². The average Bonchev–Trinajstić information content (AvgIpc) is 2.48. The lowest BCUT2D eigenvalue weighted by Crippen LogP contribution is -2.35. The molecule has 1 atom stereocenters. The van der Waals surface area contributed by atoms with Crippen molar-refractivity contribution < 1.29 is 0 Å². The number of benzene rings is 1. The second-order valence-corrected chi connectivity index (χ2v) is 6.33. The van der Waals surface area contributed by atoms with Crippen LogP contribution in [0.4, 0.5) is 0 Å². The molecule has 0 spiro atoms. The predicted molar refractivity (Wildman–Crippen MR) is 85.9 cm³/mol. The van der Waals surface area contributed by atoms with Gasteiger partial charge in [0.1, 0.15) is 0 Å². The zero-order chi connectivity index (χ0) is 13.8. The molecule has 0 aliphatic heterocycles. The van der Waals surface area contributed by atoms with Crippen LogP contribution in [-0.2, 0) is 19.3 Å². The zero-order valence-electron chi connectivity index (χ0n) is 11.5. The summed E-state index contributed by atoms with van der Waals surface area (Å²) < 4.78 is 1.19. The minimum absolute atomic E-state index is 0.616. The van der Waals surface area contributed by atoms with Crippen LogP contribution >= 0.6 is 15.9 Å². The van der Waals surface area contributed by atoms with Gasteiger partial charge in [0.2, 0.25) is 0 Å². The molecule has 1 aliphatic rings. The van der Waals surface area contributed by atoms with Crippen molar-refractivity contribution in [1.29, 1.82) is 0 Å². The highest BCUT2D eigenvalue weighted by molar-refractivity contribution is 9.10. The topological polar surface area (TPSA) is 24.9 Å². The molecule has 0 bridgehead atoms. The number of aromatic nitrogens is 1. The quantitative estimate of drug-likeness (QED) is 0.927. The SMILES string of the molecule is Brc1ccc2c(c1)CCC(NCCc1ccncc1)C2. The summed E-state index contributed by atoms with van der Waals surface area (Å²) in [6.45, 7) is 1.04. The molecule has 104 valence electrons. The molecule has 20 heavy (non-hydrogen) atoms. The molecule has 0 fully saturated rings. The Hall–Kier alpha value is -1.19. The summed E-state index contributed by atoms with van der Waals surface area (Å²) in [6.07, 6.45) is 8.38. The van der Waals surface area contributed by atoms with Crippen LogP contribution < -0.4 is 5.32 Å². The standard InChI is InChI=1S/C17H19BrN2/c18-16-3-1-15-12-17(4-2-14(15)11-16)20-10-7-13-5-8-19-9-6-13/h1,3,5-6,8-9,11,17,20H,2,4,7,10,12H2. The first-order valence-electron chi connectivity index (χ1n) is 7.21. The van der Waals surface area contributed by atoms with Gasteiger partial charge in [-0.1, -0.05) is 22.0 Å². The monoisotopic (exact) mass is 330 g/mol. The van der Waals surface area contributed by atoms with E-state index in [1.165, 1.54) is 34.0 Å². The Morgan fingerprint density at radius 1 is 1.15 bits per heavy atom. The van der Waals surface area contributed by atoms with E-state index >= 15 is 0 Å². The van der Waals surface area contributed by atoms with Crippen LogP contribution in [0.3, 0.4) is 0 Å². The van der Waals surface area contributed by atoms with Gasteiger partial charge in [0, 0.05) is 22.9 Å². The Labute approximate surface area is 128 Å². The Morgan fingerprint density at radius 2 is 2.00 bits per heavy atom. The van der Waals surface area contributed by atoms with E-state index in [1.54, 1.807) is 0 Å². The normalized spacial score (nSPS) is 17.8. The van der Waals surface area contributed by atoms with E-state index in [2.05, 4.69) is 56.6 Å². The molecular formula is C17H19BrN2. The van der Waals surface area contributed by atoms with Gasteiger partial charge >= 0.3 is 0 Å². The fourth-order valence-corrected chi connectivity index (χ4v) is 3.28. The highest BCUT2D eigenvalue weighted by Gasteiger charge is 2.17. The molecule has 0 amide bonds. The molecule has 0 saturated heterocycles. The molecule has 1 aromatic heterocycles. The lowest BCUT2D eigenvalue weighted by atomic mass is 9.88. The van der Waals surface area contributed by atoms with Crippen molar-refractivity contribution in [1.82, 2.24) is 10.3 Å². The van der Waals surface area contributed by atoms with Gasteiger partial charge in [-0.25, -0.2) is 0 Å². The van der Waals surface area contributed by atoms with E-state index in [-0.39, 0.29) is 0 Å². The highest BCUT2D eigenvalue weighted by atomic mass is 79.9. The third-order valence-corrected chi connectivity index (χ3v) is 4.49. The number of nitrogens with zero attached hydrogens (tertiary/aromatic N) is 1. The first-order valence-corrected chi connectivity index (χ1v) is 8.00. The van der Waals surface area contributed by atoms with Crippen LogP contribution in [0.15, 0.2) is 47.2 Å². The van der Waals surface area contributed by atoms with Crippen LogP contribution in [-0.4, -0.2) is 17.6 Å². The maximum Gasteiger partial charge on any atom is 0.0270 e. The van der Waals surface area contributed by atoms with Crippen molar-refractivity contribution in [2.75, 3.05) is 6.54 Å². The van der Waals surface area contributed by atoms with E-state index in [0.717, 1.165) is 19.4 Å². The molecule has 1 aliphatic carbocycles. The van der Waals surface area contributed by atoms with Crippen molar-refractivity contribution >= 4 is 15.9 Å². The molecule has 2 aromatic rings. The number of hydrogen-bond donors (Lipinski definition) is 1. The lowest BCUT2D eigenvalue weighted by Gasteiger charge is -2.26. The maximum atomic E-state index is 4.05. The molecule has 1 unspecified atom stereocenters. The van der Waals surface area contributed by atoms with Gasteiger partial charge < -0.3 is 5.32 Å². The molecule has 1 heterocycles. The van der Waals surface area contributed by atoms with Gasteiger partial charge in [0.25, 0.3) is 0 Å². The van der Waals surface area contributed by atoms with Crippen LogP contribution in [0.2, 0.25) is 0 Å². The van der Waals surface area contributed by atoms with Gasteiger partial charge in [-0.15, -0.1) is 0 Å². The first-order chi connectivity index (χ1) is 9.81. The van der Waals surface area contributed by atoms with Crippen molar-refractivity contribution in [3.05, 3.63) is 63.9 Å². The largest absolute Gasteiger partial charge is 0.313 e. The highest BCUT2D eigenvalue weighted by Crippen LogP contribution is 2.24. The number of aryl methyl sites for hydroxylation is 1.